The van der Waals surface area contributed by atoms with Crippen molar-refractivity contribution in [2.24, 2.45) is 11.8 Å². The number of ether oxygens (including phenoxy) is 1. The van der Waals surface area contributed by atoms with Gasteiger partial charge in [-0.25, -0.2) is 0 Å². The van der Waals surface area contributed by atoms with Gasteiger partial charge in [0.1, 0.15) is 10.6 Å². The number of thiophene rings is 1. The van der Waals surface area contributed by atoms with Gasteiger partial charge in [-0.2, -0.15) is 0 Å². The van der Waals surface area contributed by atoms with Crippen LogP contribution in [0.5, 0.6) is 5.75 Å². The van der Waals surface area contributed by atoms with E-state index < -0.39 is 11.9 Å². The van der Waals surface area contributed by atoms with Gasteiger partial charge in [0.25, 0.3) is 5.91 Å². The normalized spacial score (nSPS) is 23.1. The van der Waals surface area contributed by atoms with E-state index in [1.165, 1.54) is 18.4 Å². The second kappa shape index (κ2) is 4.97. The predicted molar refractivity (Wildman–Crippen MR) is 67.1 cm³/mol. The number of hydrogen-bond acceptors (Lipinski definition) is 4. The number of carboxylic acid groups (broad SMARTS) is 1. The molecule has 1 N–H and O–H groups in total. The van der Waals surface area contributed by atoms with Crippen molar-refractivity contribution in [3.63, 3.8) is 0 Å². The minimum Gasteiger partial charge on any atom is -0.495 e. The lowest BCUT2D eigenvalue weighted by atomic mass is 9.99. The Morgan fingerprint density at radius 3 is 2.78 bits per heavy atom. The minimum absolute atomic E-state index is 0.0163. The number of aliphatic carboxylic acids is 1. The van der Waals surface area contributed by atoms with E-state index in [4.69, 9.17) is 9.84 Å². The average molecular weight is 269 g/mol. The van der Waals surface area contributed by atoms with Crippen molar-refractivity contribution in [3.05, 3.63) is 16.3 Å². The van der Waals surface area contributed by atoms with Gasteiger partial charge in [-0.3, -0.25) is 9.59 Å². The summed E-state index contributed by atoms with van der Waals surface area (Å²) in [5.74, 6) is -0.915. The molecule has 0 aromatic carbocycles. The van der Waals surface area contributed by atoms with E-state index >= 15 is 0 Å². The Kier molecular flexibility index (Phi) is 3.56. The van der Waals surface area contributed by atoms with Crippen molar-refractivity contribution in [2.75, 3.05) is 20.2 Å². The Hall–Kier alpha value is -1.56. The van der Waals surface area contributed by atoms with E-state index in [0.29, 0.717) is 17.2 Å². The summed E-state index contributed by atoms with van der Waals surface area (Å²) < 4.78 is 5.11. The molecule has 1 amide bonds. The number of hydrogen-bond donors (Lipinski definition) is 1. The fraction of sp³-hybridized carbons (Fsp3) is 0.500. The lowest BCUT2D eigenvalue weighted by molar-refractivity contribution is -0.142. The van der Waals surface area contributed by atoms with Crippen molar-refractivity contribution in [1.29, 1.82) is 0 Å². The van der Waals surface area contributed by atoms with E-state index in [1.807, 2.05) is 6.92 Å². The van der Waals surface area contributed by atoms with Crippen LogP contribution in [0, 0.1) is 11.8 Å². The molecule has 0 saturated carbocycles. The molecule has 1 aromatic rings. The number of carbonyl (C=O) groups excluding carboxylic acids is 1. The summed E-state index contributed by atoms with van der Waals surface area (Å²) in [4.78, 5) is 25.4. The molecule has 2 heterocycles. The number of rotatable bonds is 3. The van der Waals surface area contributed by atoms with Gasteiger partial charge in [-0.15, -0.1) is 11.3 Å². The smallest absolute Gasteiger partial charge is 0.308 e. The van der Waals surface area contributed by atoms with Gasteiger partial charge in [0, 0.05) is 13.1 Å². The van der Waals surface area contributed by atoms with Crippen LogP contribution < -0.4 is 4.74 Å². The fourth-order valence-corrected chi connectivity index (χ4v) is 3.04. The van der Waals surface area contributed by atoms with Crippen LogP contribution in [0.15, 0.2) is 11.4 Å². The molecule has 1 aliphatic heterocycles. The van der Waals surface area contributed by atoms with Crippen molar-refractivity contribution in [2.45, 2.75) is 6.92 Å². The second-order valence-corrected chi connectivity index (χ2v) is 5.37. The quantitative estimate of drug-likeness (QED) is 0.904. The van der Waals surface area contributed by atoms with E-state index in [-0.39, 0.29) is 18.4 Å². The van der Waals surface area contributed by atoms with Crippen LogP contribution in [0.25, 0.3) is 0 Å². The number of methoxy groups -OCH3 is 1. The molecule has 0 radical (unpaired) electrons. The Morgan fingerprint density at radius 2 is 2.22 bits per heavy atom. The number of carboxylic acids is 1. The Labute approximate surface area is 109 Å². The number of carbonyl (C=O) groups is 2. The van der Waals surface area contributed by atoms with Crippen LogP contribution in [0.1, 0.15) is 16.6 Å². The summed E-state index contributed by atoms with van der Waals surface area (Å²) in [5.41, 5.74) is 0. The zero-order valence-corrected chi connectivity index (χ0v) is 11.1. The molecule has 6 heteroatoms. The SMILES string of the molecule is COc1ccsc1C(=O)N1C[C@@H](C)[C@H](C(=O)O)C1. The second-order valence-electron chi connectivity index (χ2n) is 4.45. The van der Waals surface area contributed by atoms with E-state index in [9.17, 15) is 9.59 Å². The summed E-state index contributed by atoms with van der Waals surface area (Å²) in [5, 5.41) is 10.8. The van der Waals surface area contributed by atoms with Crippen LogP contribution in [0.3, 0.4) is 0 Å². The third-order valence-electron chi connectivity index (χ3n) is 3.26. The summed E-state index contributed by atoms with van der Waals surface area (Å²) in [7, 11) is 1.52. The summed E-state index contributed by atoms with van der Waals surface area (Å²) in [6.45, 7) is 2.62. The molecule has 0 bridgehead atoms. The number of likely N-dealkylation sites (tertiary alicyclic amines) is 1. The molecule has 1 aromatic heterocycles. The van der Waals surface area contributed by atoms with Gasteiger partial charge in [0.05, 0.1) is 13.0 Å². The topological polar surface area (TPSA) is 66.8 Å². The highest BCUT2D eigenvalue weighted by Gasteiger charge is 2.38. The van der Waals surface area contributed by atoms with Crippen LogP contribution in [-0.4, -0.2) is 42.1 Å². The first kappa shape index (κ1) is 12.9. The minimum atomic E-state index is -0.837. The van der Waals surface area contributed by atoms with Crippen LogP contribution in [0.2, 0.25) is 0 Å². The third-order valence-corrected chi connectivity index (χ3v) is 4.14. The zero-order valence-electron chi connectivity index (χ0n) is 10.3. The Morgan fingerprint density at radius 1 is 1.50 bits per heavy atom. The van der Waals surface area contributed by atoms with Crippen molar-refractivity contribution < 1.29 is 19.4 Å². The van der Waals surface area contributed by atoms with E-state index in [2.05, 4.69) is 0 Å². The molecule has 5 nitrogen and oxygen atoms in total. The van der Waals surface area contributed by atoms with Gasteiger partial charge in [0.15, 0.2) is 0 Å². The van der Waals surface area contributed by atoms with Crippen LogP contribution >= 0.6 is 11.3 Å². The van der Waals surface area contributed by atoms with E-state index in [1.54, 1.807) is 16.3 Å². The highest BCUT2D eigenvalue weighted by atomic mass is 32.1. The molecule has 0 aliphatic carbocycles. The molecule has 2 rings (SSSR count). The van der Waals surface area contributed by atoms with Crippen LogP contribution in [-0.2, 0) is 4.79 Å². The Balaban J connectivity index is 2.14. The van der Waals surface area contributed by atoms with Gasteiger partial charge < -0.3 is 14.7 Å². The van der Waals surface area contributed by atoms with Gasteiger partial charge >= 0.3 is 5.97 Å². The van der Waals surface area contributed by atoms with E-state index in [0.717, 1.165) is 0 Å². The molecule has 98 valence electrons. The van der Waals surface area contributed by atoms with Crippen molar-refractivity contribution in [1.82, 2.24) is 4.90 Å². The van der Waals surface area contributed by atoms with Crippen molar-refractivity contribution >= 4 is 23.2 Å². The molecule has 1 fully saturated rings. The maximum Gasteiger partial charge on any atom is 0.308 e. The largest absolute Gasteiger partial charge is 0.495 e. The fourth-order valence-electron chi connectivity index (χ4n) is 2.21. The predicted octanol–water partition coefficient (Wildman–Crippen LogP) is 1.55. The monoisotopic (exact) mass is 269 g/mol. The standard InChI is InChI=1S/C12H15NO4S/c1-7-5-13(6-8(7)12(15)16)11(14)10-9(17-2)3-4-18-10/h3-4,7-8H,5-6H2,1-2H3,(H,15,16)/t7-,8-/m1/s1. The van der Waals surface area contributed by atoms with Gasteiger partial charge in [-0.05, 0) is 17.4 Å². The summed E-state index contributed by atoms with van der Waals surface area (Å²) in [6.07, 6.45) is 0. The average Bonchev–Trinajstić information content (AvgIpc) is 2.93. The highest BCUT2D eigenvalue weighted by Crippen LogP contribution is 2.30. The lowest BCUT2D eigenvalue weighted by Crippen LogP contribution is -2.29. The molecular formula is C12H15NO4S. The maximum atomic E-state index is 12.3. The lowest BCUT2D eigenvalue weighted by Gasteiger charge is -2.15. The molecule has 0 spiro atoms. The number of amides is 1. The zero-order chi connectivity index (χ0) is 13.3. The third kappa shape index (κ3) is 2.20. The molecule has 1 aliphatic rings. The first-order valence-corrected chi connectivity index (χ1v) is 6.56. The Bertz CT molecular complexity index is 470. The molecule has 0 unspecified atom stereocenters. The summed E-state index contributed by atoms with van der Waals surface area (Å²) in [6, 6.07) is 1.74. The first-order valence-electron chi connectivity index (χ1n) is 5.68. The summed E-state index contributed by atoms with van der Waals surface area (Å²) >= 11 is 1.32. The van der Waals surface area contributed by atoms with Gasteiger partial charge in [-0.1, -0.05) is 6.92 Å². The van der Waals surface area contributed by atoms with Crippen molar-refractivity contribution in [3.8, 4) is 5.75 Å². The molecule has 18 heavy (non-hydrogen) atoms. The first-order chi connectivity index (χ1) is 8.54. The maximum absolute atomic E-state index is 12.3. The van der Waals surface area contributed by atoms with Gasteiger partial charge in [0.2, 0.25) is 0 Å². The van der Waals surface area contributed by atoms with Crippen LogP contribution in [0.4, 0.5) is 0 Å². The molecule has 1 saturated heterocycles. The highest BCUT2D eigenvalue weighted by molar-refractivity contribution is 7.12. The molecular weight excluding hydrogens is 254 g/mol. The number of nitrogens with zero attached hydrogens (tertiary/aromatic N) is 1. The molecule has 2 atom stereocenters.